The molecule has 1 radical (unpaired) electrons. The molecule has 0 fully saturated rings. The average molecular weight is 287 g/mol. The van der Waals surface area contributed by atoms with Gasteiger partial charge in [-0.25, -0.2) is 4.98 Å². The van der Waals surface area contributed by atoms with Crippen molar-refractivity contribution in [2.45, 2.75) is 6.92 Å². The summed E-state index contributed by atoms with van der Waals surface area (Å²) in [5.74, 6) is 0. The maximum Gasteiger partial charge on any atom is 0.142 e. The summed E-state index contributed by atoms with van der Waals surface area (Å²) >= 11 is 13.5. The molecule has 2 nitrogen and oxygen atoms in total. The van der Waals surface area contributed by atoms with E-state index in [1.807, 2.05) is 19.1 Å². The van der Waals surface area contributed by atoms with E-state index in [0.29, 0.717) is 16.7 Å². The van der Waals surface area contributed by atoms with Crippen LogP contribution in [0, 0.1) is 6.61 Å². The predicted octanol–water partition coefficient (Wildman–Crippen LogP) is 4.66. The number of rotatable bonds is 4. The highest BCUT2D eigenvalue weighted by molar-refractivity contribution is 7.15. The molecule has 2 rings (SSSR count). The van der Waals surface area contributed by atoms with E-state index < -0.39 is 0 Å². The average Bonchev–Trinajstić information content (AvgIpc) is 2.75. The van der Waals surface area contributed by atoms with Gasteiger partial charge in [-0.2, -0.15) is 0 Å². The zero-order valence-corrected chi connectivity index (χ0v) is 11.4. The van der Waals surface area contributed by atoms with Crippen molar-refractivity contribution in [3.8, 4) is 10.4 Å². The Morgan fingerprint density at radius 3 is 2.94 bits per heavy atom. The largest absolute Gasteiger partial charge is 0.368 e. The number of thiazole rings is 1. The minimum Gasteiger partial charge on any atom is -0.368 e. The highest BCUT2D eigenvalue weighted by Crippen LogP contribution is 2.34. The van der Waals surface area contributed by atoms with Crippen molar-refractivity contribution in [3.63, 3.8) is 0 Å². The first kappa shape index (κ1) is 12.8. The number of aromatic nitrogens is 1. The van der Waals surface area contributed by atoms with Crippen LogP contribution in [0.1, 0.15) is 11.9 Å². The molecule has 1 aromatic carbocycles. The summed E-state index contributed by atoms with van der Waals surface area (Å²) in [6.45, 7) is 4.22. The van der Waals surface area contributed by atoms with Gasteiger partial charge in [-0.05, 0) is 19.1 Å². The lowest BCUT2D eigenvalue weighted by Crippen LogP contribution is -1.86. The van der Waals surface area contributed by atoms with E-state index >= 15 is 0 Å². The maximum absolute atomic E-state index is 6.13. The molecule has 0 amide bonds. The van der Waals surface area contributed by atoms with Gasteiger partial charge in [0.2, 0.25) is 0 Å². The van der Waals surface area contributed by atoms with Gasteiger partial charge in [0.05, 0.1) is 9.90 Å². The zero-order valence-electron chi connectivity index (χ0n) is 9.11. The van der Waals surface area contributed by atoms with Crippen molar-refractivity contribution in [3.05, 3.63) is 46.1 Å². The summed E-state index contributed by atoms with van der Waals surface area (Å²) in [5, 5.41) is 2.08. The Morgan fingerprint density at radius 1 is 1.41 bits per heavy atom. The van der Waals surface area contributed by atoms with Gasteiger partial charge in [0.15, 0.2) is 0 Å². The Morgan fingerprint density at radius 2 is 2.24 bits per heavy atom. The molecule has 0 bridgehead atoms. The molecule has 0 spiro atoms. The van der Waals surface area contributed by atoms with E-state index in [-0.39, 0.29) is 0 Å². The summed E-state index contributed by atoms with van der Waals surface area (Å²) in [7, 11) is 0. The van der Waals surface area contributed by atoms with Gasteiger partial charge in [0.1, 0.15) is 11.6 Å². The van der Waals surface area contributed by atoms with Crippen LogP contribution >= 0.6 is 34.5 Å². The third kappa shape index (κ3) is 3.19. The molecule has 2 aromatic rings. The Hall–Kier alpha value is -0.610. The van der Waals surface area contributed by atoms with E-state index in [0.717, 1.165) is 15.4 Å². The van der Waals surface area contributed by atoms with Crippen molar-refractivity contribution >= 4 is 34.5 Å². The van der Waals surface area contributed by atoms with Crippen LogP contribution in [0.15, 0.2) is 24.4 Å². The highest BCUT2D eigenvalue weighted by atomic mass is 35.5. The molecule has 1 heterocycles. The second-order valence-electron chi connectivity index (χ2n) is 3.26. The zero-order chi connectivity index (χ0) is 12.3. The van der Waals surface area contributed by atoms with Gasteiger partial charge in [-0.3, -0.25) is 0 Å². The van der Waals surface area contributed by atoms with Crippen molar-refractivity contribution < 1.29 is 4.74 Å². The van der Waals surface area contributed by atoms with E-state index in [2.05, 4.69) is 4.98 Å². The third-order valence-corrected chi connectivity index (χ3v) is 3.57. The van der Waals surface area contributed by atoms with Gasteiger partial charge in [0.25, 0.3) is 0 Å². The molecule has 17 heavy (non-hydrogen) atoms. The smallest absolute Gasteiger partial charge is 0.142 e. The molecular weight excluding hydrogens is 277 g/mol. The monoisotopic (exact) mass is 286 g/mol. The third-order valence-electron chi connectivity index (χ3n) is 2.07. The Bertz CT molecular complexity index is 513. The molecule has 0 atom stereocenters. The minimum absolute atomic E-state index is 0.629. The Labute approximate surface area is 114 Å². The molecule has 0 aliphatic carbocycles. The first-order valence-electron chi connectivity index (χ1n) is 5.06. The number of hydrogen-bond donors (Lipinski definition) is 0. The first-order valence-corrected chi connectivity index (χ1v) is 6.64. The van der Waals surface area contributed by atoms with Crippen LogP contribution in [0.25, 0.3) is 10.4 Å². The minimum atomic E-state index is 0.629. The summed E-state index contributed by atoms with van der Waals surface area (Å²) in [4.78, 5) is 5.24. The van der Waals surface area contributed by atoms with Crippen LogP contribution < -0.4 is 0 Å². The summed E-state index contributed by atoms with van der Waals surface area (Å²) in [6, 6.07) is 5.43. The fraction of sp³-hybridized carbons (Fsp3) is 0.167. The number of ether oxygens (including phenoxy) is 1. The van der Waals surface area contributed by atoms with Gasteiger partial charge in [-0.15, -0.1) is 11.3 Å². The highest BCUT2D eigenvalue weighted by Gasteiger charge is 2.08. The molecule has 0 aliphatic rings. The van der Waals surface area contributed by atoms with Gasteiger partial charge < -0.3 is 4.74 Å². The van der Waals surface area contributed by atoms with Crippen LogP contribution in [-0.4, -0.2) is 11.6 Å². The molecule has 0 N–H and O–H groups in total. The molecule has 0 saturated heterocycles. The molecular formula is C12H10Cl2NOS. The number of halogens is 2. The second kappa shape index (κ2) is 5.83. The normalized spacial score (nSPS) is 10.8. The standard InChI is InChI=1S/C12H10Cl2NOS/c1-2-16-7-12-15-6-11(17-12)9-4-3-8(13)5-10(9)14/h3-7H,2H2,1H3. The van der Waals surface area contributed by atoms with Crippen molar-refractivity contribution in [2.75, 3.05) is 6.61 Å². The Balaban J connectivity index is 2.24. The fourth-order valence-electron chi connectivity index (χ4n) is 1.31. The van der Waals surface area contributed by atoms with Crippen LogP contribution in [0.2, 0.25) is 10.0 Å². The lowest BCUT2D eigenvalue weighted by molar-refractivity contribution is 0.229. The van der Waals surface area contributed by atoms with Crippen LogP contribution in [-0.2, 0) is 4.74 Å². The van der Waals surface area contributed by atoms with Gasteiger partial charge in [0, 0.05) is 23.4 Å². The van der Waals surface area contributed by atoms with E-state index in [1.165, 1.54) is 11.3 Å². The SMILES string of the molecule is CCO[CH]c1ncc(-c2ccc(Cl)cc2Cl)s1. The molecule has 5 heteroatoms. The van der Waals surface area contributed by atoms with Crippen LogP contribution in [0.5, 0.6) is 0 Å². The van der Waals surface area contributed by atoms with Crippen LogP contribution in [0.3, 0.4) is 0 Å². The van der Waals surface area contributed by atoms with Gasteiger partial charge in [-0.1, -0.05) is 29.3 Å². The van der Waals surface area contributed by atoms with E-state index in [4.69, 9.17) is 27.9 Å². The first-order chi connectivity index (χ1) is 8.20. The lowest BCUT2D eigenvalue weighted by atomic mass is 10.2. The number of hydrogen-bond acceptors (Lipinski definition) is 3. The molecule has 0 aliphatic heterocycles. The summed E-state index contributed by atoms with van der Waals surface area (Å²) < 4.78 is 5.19. The maximum atomic E-state index is 6.13. The van der Waals surface area contributed by atoms with Crippen molar-refractivity contribution in [2.24, 2.45) is 0 Å². The quantitative estimate of drug-likeness (QED) is 0.815. The number of benzene rings is 1. The van der Waals surface area contributed by atoms with Gasteiger partial charge >= 0.3 is 0 Å². The van der Waals surface area contributed by atoms with E-state index in [1.54, 1.807) is 18.9 Å². The second-order valence-corrected chi connectivity index (χ2v) is 5.17. The Kier molecular flexibility index (Phi) is 4.40. The van der Waals surface area contributed by atoms with Crippen molar-refractivity contribution in [1.29, 1.82) is 0 Å². The molecule has 0 unspecified atom stereocenters. The summed E-state index contributed by atoms with van der Waals surface area (Å²) in [6.07, 6.45) is 1.78. The summed E-state index contributed by atoms with van der Waals surface area (Å²) in [5.41, 5.74) is 0.935. The topological polar surface area (TPSA) is 22.1 Å². The lowest BCUT2D eigenvalue weighted by Gasteiger charge is -2.00. The number of nitrogens with zero attached hydrogens (tertiary/aromatic N) is 1. The predicted molar refractivity (Wildman–Crippen MR) is 72.6 cm³/mol. The van der Waals surface area contributed by atoms with E-state index in [9.17, 15) is 0 Å². The molecule has 1 aromatic heterocycles. The van der Waals surface area contributed by atoms with Crippen LogP contribution in [0.4, 0.5) is 0 Å². The molecule has 89 valence electrons. The van der Waals surface area contributed by atoms with Crippen molar-refractivity contribution in [1.82, 2.24) is 4.98 Å². The molecule has 0 saturated carbocycles. The fourth-order valence-corrected chi connectivity index (χ4v) is 2.72.